The summed E-state index contributed by atoms with van der Waals surface area (Å²) in [5.74, 6) is 0.241. The Balaban J connectivity index is 2.77. The molecular weight excluding hydrogens is 222 g/mol. The molecule has 0 N–H and O–H groups in total. The molecule has 0 saturated heterocycles. The average Bonchev–Trinajstić information content (AvgIpc) is 2.39. The minimum absolute atomic E-state index is 0.241. The number of benzene rings is 1. The largest absolute Gasteiger partial charge is 0.337 e. The Morgan fingerprint density at radius 2 is 1.56 bits per heavy atom. The molecule has 2 heteroatoms. The van der Waals surface area contributed by atoms with Crippen LogP contribution < -0.4 is 0 Å². The number of rotatable bonds is 6. The Kier molecular flexibility index (Phi) is 5.90. The van der Waals surface area contributed by atoms with E-state index in [1.807, 2.05) is 35.2 Å². The second-order valence-electron chi connectivity index (χ2n) is 4.98. The second kappa shape index (κ2) is 7.20. The number of hydrogen-bond donors (Lipinski definition) is 0. The second-order valence-corrected chi connectivity index (χ2v) is 4.98. The molecule has 0 bridgehead atoms. The Hall–Kier alpha value is -1.31. The van der Waals surface area contributed by atoms with Crippen LogP contribution in [0.3, 0.4) is 0 Å². The molecule has 18 heavy (non-hydrogen) atoms. The van der Waals surface area contributed by atoms with Crippen LogP contribution in [0.15, 0.2) is 30.3 Å². The number of carbonyl (C=O) groups excluding carboxylic acids is 1. The fraction of sp³-hybridized carbons (Fsp3) is 0.562. The summed E-state index contributed by atoms with van der Waals surface area (Å²) < 4.78 is 0. The SMILES string of the molecule is CCC(C)N(C(=O)Cc1ccccc1)C(C)CC. The van der Waals surface area contributed by atoms with Crippen molar-refractivity contribution in [1.82, 2.24) is 4.90 Å². The van der Waals surface area contributed by atoms with Gasteiger partial charge in [0.1, 0.15) is 0 Å². The zero-order valence-electron chi connectivity index (χ0n) is 12.0. The average molecular weight is 247 g/mol. The summed E-state index contributed by atoms with van der Waals surface area (Å²) in [7, 11) is 0. The maximum Gasteiger partial charge on any atom is 0.227 e. The molecule has 1 aromatic rings. The summed E-state index contributed by atoms with van der Waals surface area (Å²) in [6.45, 7) is 8.54. The lowest BCUT2D eigenvalue weighted by atomic mass is 10.1. The lowest BCUT2D eigenvalue weighted by Crippen LogP contribution is -2.45. The van der Waals surface area contributed by atoms with Crippen molar-refractivity contribution < 1.29 is 4.79 Å². The van der Waals surface area contributed by atoms with Gasteiger partial charge >= 0.3 is 0 Å². The molecule has 1 rings (SSSR count). The minimum atomic E-state index is 0.241. The highest BCUT2D eigenvalue weighted by Gasteiger charge is 2.23. The first-order valence-corrected chi connectivity index (χ1v) is 6.95. The predicted octanol–water partition coefficient (Wildman–Crippen LogP) is 3.65. The van der Waals surface area contributed by atoms with Crippen LogP contribution in [0.2, 0.25) is 0 Å². The summed E-state index contributed by atoms with van der Waals surface area (Å²) in [5, 5.41) is 0. The molecule has 0 radical (unpaired) electrons. The molecule has 0 aliphatic heterocycles. The lowest BCUT2D eigenvalue weighted by Gasteiger charge is -2.34. The fourth-order valence-corrected chi connectivity index (χ4v) is 2.18. The van der Waals surface area contributed by atoms with Gasteiger partial charge in [0.05, 0.1) is 6.42 Å². The van der Waals surface area contributed by atoms with Gasteiger partial charge in [-0.15, -0.1) is 0 Å². The molecule has 0 heterocycles. The van der Waals surface area contributed by atoms with Gasteiger partial charge in [0.2, 0.25) is 5.91 Å². The topological polar surface area (TPSA) is 20.3 Å². The number of carbonyl (C=O) groups is 1. The predicted molar refractivity (Wildman–Crippen MR) is 76.5 cm³/mol. The van der Waals surface area contributed by atoms with E-state index >= 15 is 0 Å². The van der Waals surface area contributed by atoms with E-state index in [-0.39, 0.29) is 5.91 Å². The third-order valence-electron chi connectivity index (χ3n) is 3.62. The Morgan fingerprint density at radius 3 is 2.00 bits per heavy atom. The summed E-state index contributed by atoms with van der Waals surface area (Å²) in [5.41, 5.74) is 1.10. The summed E-state index contributed by atoms with van der Waals surface area (Å²) >= 11 is 0. The van der Waals surface area contributed by atoms with E-state index in [2.05, 4.69) is 27.7 Å². The van der Waals surface area contributed by atoms with E-state index in [0.29, 0.717) is 18.5 Å². The van der Waals surface area contributed by atoms with Crippen molar-refractivity contribution >= 4 is 5.91 Å². The Morgan fingerprint density at radius 1 is 1.06 bits per heavy atom. The van der Waals surface area contributed by atoms with Gasteiger partial charge in [0, 0.05) is 12.1 Å². The number of nitrogens with zero attached hydrogens (tertiary/aromatic N) is 1. The van der Waals surface area contributed by atoms with Crippen LogP contribution in [0.5, 0.6) is 0 Å². The first kappa shape index (κ1) is 14.7. The van der Waals surface area contributed by atoms with Crippen molar-refractivity contribution in [2.45, 2.75) is 59.0 Å². The van der Waals surface area contributed by atoms with Crippen molar-refractivity contribution in [2.75, 3.05) is 0 Å². The minimum Gasteiger partial charge on any atom is -0.337 e. The smallest absolute Gasteiger partial charge is 0.227 e. The molecule has 2 nitrogen and oxygen atoms in total. The summed E-state index contributed by atoms with van der Waals surface area (Å²) in [6, 6.07) is 10.6. The standard InChI is InChI=1S/C16H25NO/c1-5-13(3)17(14(4)6-2)16(18)12-15-10-8-7-9-11-15/h7-11,13-14H,5-6,12H2,1-4H3. The zero-order chi connectivity index (χ0) is 13.5. The van der Waals surface area contributed by atoms with Crippen LogP contribution in [0, 0.1) is 0 Å². The molecule has 2 atom stereocenters. The quantitative estimate of drug-likeness (QED) is 0.751. The van der Waals surface area contributed by atoms with E-state index < -0.39 is 0 Å². The first-order chi connectivity index (χ1) is 8.60. The van der Waals surface area contributed by atoms with Gasteiger partial charge in [-0.05, 0) is 32.3 Å². The Labute approximate surface area is 111 Å². The Bertz CT molecular complexity index is 351. The van der Waals surface area contributed by atoms with Crippen molar-refractivity contribution in [3.63, 3.8) is 0 Å². The van der Waals surface area contributed by atoms with Crippen molar-refractivity contribution in [1.29, 1.82) is 0 Å². The van der Waals surface area contributed by atoms with Gasteiger partial charge in [-0.25, -0.2) is 0 Å². The highest BCUT2D eigenvalue weighted by atomic mass is 16.2. The zero-order valence-corrected chi connectivity index (χ0v) is 12.0. The van der Waals surface area contributed by atoms with Crippen LogP contribution in [0.25, 0.3) is 0 Å². The van der Waals surface area contributed by atoms with Crippen LogP contribution >= 0.6 is 0 Å². The van der Waals surface area contributed by atoms with Gasteiger partial charge in [0.15, 0.2) is 0 Å². The normalized spacial score (nSPS) is 14.0. The summed E-state index contributed by atoms with van der Waals surface area (Å²) in [4.78, 5) is 14.5. The number of amides is 1. The highest BCUT2D eigenvalue weighted by Crippen LogP contribution is 2.14. The van der Waals surface area contributed by atoms with Crippen LogP contribution in [0.1, 0.15) is 46.1 Å². The van der Waals surface area contributed by atoms with Crippen LogP contribution in [-0.4, -0.2) is 22.9 Å². The fourth-order valence-electron chi connectivity index (χ4n) is 2.18. The van der Waals surface area contributed by atoms with E-state index in [0.717, 1.165) is 18.4 Å². The molecule has 0 spiro atoms. The molecule has 0 fully saturated rings. The lowest BCUT2D eigenvalue weighted by molar-refractivity contribution is -0.134. The molecule has 0 aliphatic carbocycles. The van der Waals surface area contributed by atoms with Gasteiger partial charge in [0.25, 0.3) is 0 Å². The van der Waals surface area contributed by atoms with Crippen molar-refractivity contribution in [3.05, 3.63) is 35.9 Å². The van der Waals surface area contributed by atoms with Gasteiger partial charge in [-0.1, -0.05) is 44.2 Å². The molecule has 0 aliphatic rings. The third-order valence-corrected chi connectivity index (χ3v) is 3.62. The molecule has 0 aromatic heterocycles. The van der Waals surface area contributed by atoms with Gasteiger partial charge in [-0.2, -0.15) is 0 Å². The van der Waals surface area contributed by atoms with E-state index in [1.165, 1.54) is 0 Å². The van der Waals surface area contributed by atoms with Crippen molar-refractivity contribution in [2.24, 2.45) is 0 Å². The van der Waals surface area contributed by atoms with Crippen molar-refractivity contribution in [3.8, 4) is 0 Å². The van der Waals surface area contributed by atoms with Crippen LogP contribution in [-0.2, 0) is 11.2 Å². The van der Waals surface area contributed by atoms with Crippen LogP contribution in [0.4, 0.5) is 0 Å². The highest BCUT2D eigenvalue weighted by molar-refractivity contribution is 5.79. The molecule has 1 aromatic carbocycles. The maximum absolute atomic E-state index is 12.4. The summed E-state index contributed by atoms with van der Waals surface area (Å²) in [6.07, 6.45) is 2.52. The molecular formula is C16H25NO. The third kappa shape index (κ3) is 3.86. The van der Waals surface area contributed by atoms with E-state index in [1.54, 1.807) is 0 Å². The number of hydrogen-bond acceptors (Lipinski definition) is 1. The maximum atomic E-state index is 12.4. The van der Waals surface area contributed by atoms with E-state index in [9.17, 15) is 4.79 Å². The first-order valence-electron chi connectivity index (χ1n) is 6.95. The molecule has 1 amide bonds. The van der Waals surface area contributed by atoms with Gasteiger partial charge < -0.3 is 4.90 Å². The van der Waals surface area contributed by atoms with E-state index in [4.69, 9.17) is 0 Å². The van der Waals surface area contributed by atoms with Gasteiger partial charge in [-0.3, -0.25) is 4.79 Å². The molecule has 2 unspecified atom stereocenters. The monoisotopic (exact) mass is 247 g/mol. The molecule has 0 saturated carbocycles. The molecule has 100 valence electrons.